The number of rotatable bonds is 2. The lowest BCUT2D eigenvalue weighted by Gasteiger charge is -2.12. The van der Waals surface area contributed by atoms with Crippen LogP contribution in [0.5, 0.6) is 0 Å². The summed E-state index contributed by atoms with van der Waals surface area (Å²) >= 11 is 4.11. The van der Waals surface area contributed by atoms with E-state index in [9.17, 15) is 0 Å². The van der Waals surface area contributed by atoms with Crippen LogP contribution in [0.3, 0.4) is 0 Å². The molecule has 2 nitrogen and oxygen atoms in total. The van der Waals surface area contributed by atoms with Crippen molar-refractivity contribution in [2.24, 2.45) is 4.99 Å². The average Bonchev–Trinajstić information content (AvgIpc) is 2.34. The minimum Gasteiger partial charge on any atom is -0.270 e. The van der Waals surface area contributed by atoms with E-state index in [1.807, 2.05) is 10.5 Å². The molecule has 62 valence electrons. The molecule has 0 aromatic rings. The van der Waals surface area contributed by atoms with Gasteiger partial charge in [0.25, 0.3) is 0 Å². The zero-order valence-corrected chi connectivity index (χ0v) is 8.40. The SMILES string of the molecule is CC(C)N=C1CC=CN1SS. The summed E-state index contributed by atoms with van der Waals surface area (Å²) in [5, 5.41) is 0. The number of aliphatic imine (C=N–C) groups is 1. The molecule has 0 saturated heterocycles. The first-order valence-corrected chi connectivity index (χ1v) is 5.40. The third kappa shape index (κ3) is 2.45. The molecule has 1 heterocycles. The van der Waals surface area contributed by atoms with Crippen LogP contribution in [0.15, 0.2) is 17.3 Å². The van der Waals surface area contributed by atoms with Crippen LogP contribution in [-0.4, -0.2) is 16.2 Å². The van der Waals surface area contributed by atoms with Gasteiger partial charge >= 0.3 is 0 Å². The van der Waals surface area contributed by atoms with Crippen LogP contribution in [0, 0.1) is 0 Å². The Kier molecular flexibility index (Phi) is 3.33. The van der Waals surface area contributed by atoms with Crippen molar-refractivity contribution < 1.29 is 0 Å². The molecule has 0 aliphatic carbocycles. The summed E-state index contributed by atoms with van der Waals surface area (Å²) in [5.41, 5.74) is 0. The predicted octanol–water partition coefficient (Wildman–Crippen LogP) is 2.51. The fraction of sp³-hybridized carbons (Fsp3) is 0.571. The van der Waals surface area contributed by atoms with E-state index in [2.05, 4.69) is 36.6 Å². The van der Waals surface area contributed by atoms with Crippen molar-refractivity contribution >= 4 is 28.5 Å². The Morgan fingerprint density at radius 2 is 2.45 bits per heavy atom. The Balaban J connectivity index is 2.60. The van der Waals surface area contributed by atoms with Crippen molar-refractivity contribution in [3.05, 3.63) is 12.3 Å². The highest BCUT2D eigenvalue weighted by atomic mass is 33.1. The molecule has 0 N–H and O–H groups in total. The average molecular weight is 188 g/mol. The Bertz CT molecular complexity index is 187. The smallest absolute Gasteiger partial charge is 0.118 e. The first kappa shape index (κ1) is 9.00. The highest BCUT2D eigenvalue weighted by molar-refractivity contribution is 8.67. The number of nitrogens with zero attached hydrogens (tertiary/aromatic N) is 2. The Hall–Kier alpha value is -0.0900. The van der Waals surface area contributed by atoms with Crippen molar-refractivity contribution in [2.45, 2.75) is 26.3 Å². The van der Waals surface area contributed by atoms with E-state index in [1.165, 1.54) is 11.0 Å². The number of thiol groups is 1. The van der Waals surface area contributed by atoms with Crippen LogP contribution >= 0.6 is 22.6 Å². The van der Waals surface area contributed by atoms with Gasteiger partial charge in [-0.05, 0) is 13.8 Å². The molecular weight excluding hydrogens is 176 g/mol. The fourth-order valence-electron chi connectivity index (χ4n) is 0.912. The van der Waals surface area contributed by atoms with Crippen molar-refractivity contribution in [1.82, 2.24) is 4.31 Å². The van der Waals surface area contributed by atoms with E-state index in [1.54, 1.807) is 0 Å². The second-order valence-corrected chi connectivity index (χ2v) is 3.68. The van der Waals surface area contributed by atoms with Crippen LogP contribution in [0.4, 0.5) is 0 Å². The van der Waals surface area contributed by atoms with Gasteiger partial charge in [-0.1, -0.05) is 17.7 Å². The van der Waals surface area contributed by atoms with E-state index in [-0.39, 0.29) is 0 Å². The molecule has 0 aromatic carbocycles. The van der Waals surface area contributed by atoms with Crippen molar-refractivity contribution in [1.29, 1.82) is 0 Å². The van der Waals surface area contributed by atoms with Gasteiger partial charge in [0.2, 0.25) is 0 Å². The van der Waals surface area contributed by atoms with Crippen LogP contribution in [0.2, 0.25) is 0 Å². The fourth-order valence-corrected chi connectivity index (χ4v) is 1.71. The van der Waals surface area contributed by atoms with Gasteiger partial charge in [0.15, 0.2) is 0 Å². The first-order chi connectivity index (χ1) is 5.24. The minimum absolute atomic E-state index is 0.368. The molecule has 0 radical (unpaired) electrons. The zero-order valence-electron chi connectivity index (χ0n) is 6.69. The van der Waals surface area contributed by atoms with Crippen molar-refractivity contribution in [3.8, 4) is 0 Å². The lowest BCUT2D eigenvalue weighted by Crippen LogP contribution is -2.13. The zero-order chi connectivity index (χ0) is 8.27. The van der Waals surface area contributed by atoms with Crippen molar-refractivity contribution in [2.75, 3.05) is 0 Å². The van der Waals surface area contributed by atoms with Gasteiger partial charge in [-0.15, -0.1) is 0 Å². The maximum absolute atomic E-state index is 4.44. The van der Waals surface area contributed by atoms with E-state index in [0.29, 0.717) is 6.04 Å². The molecule has 11 heavy (non-hydrogen) atoms. The Labute approximate surface area is 76.7 Å². The summed E-state index contributed by atoms with van der Waals surface area (Å²) in [7, 11) is 1.39. The Morgan fingerprint density at radius 1 is 1.73 bits per heavy atom. The van der Waals surface area contributed by atoms with Crippen LogP contribution in [-0.2, 0) is 0 Å². The lowest BCUT2D eigenvalue weighted by molar-refractivity contribution is 0.803. The molecule has 0 spiro atoms. The number of hydrogen-bond acceptors (Lipinski definition) is 3. The third-order valence-electron chi connectivity index (χ3n) is 1.29. The molecule has 0 saturated carbocycles. The van der Waals surface area contributed by atoms with Gasteiger partial charge in [-0.3, -0.25) is 9.30 Å². The van der Waals surface area contributed by atoms with E-state index < -0.39 is 0 Å². The number of hydrogen-bond donors (Lipinski definition) is 1. The maximum Gasteiger partial charge on any atom is 0.118 e. The largest absolute Gasteiger partial charge is 0.270 e. The van der Waals surface area contributed by atoms with Gasteiger partial charge in [0.1, 0.15) is 5.84 Å². The molecule has 0 bridgehead atoms. The first-order valence-electron chi connectivity index (χ1n) is 3.58. The van der Waals surface area contributed by atoms with E-state index in [0.717, 1.165) is 12.3 Å². The highest BCUT2D eigenvalue weighted by Gasteiger charge is 2.12. The minimum atomic E-state index is 0.368. The summed E-state index contributed by atoms with van der Waals surface area (Å²) < 4.78 is 1.98. The predicted molar refractivity (Wildman–Crippen MR) is 54.7 cm³/mol. The topological polar surface area (TPSA) is 15.6 Å². The van der Waals surface area contributed by atoms with E-state index in [4.69, 9.17) is 0 Å². The quantitative estimate of drug-likeness (QED) is 0.407. The van der Waals surface area contributed by atoms with E-state index >= 15 is 0 Å². The van der Waals surface area contributed by atoms with Gasteiger partial charge in [0, 0.05) is 29.6 Å². The highest BCUT2D eigenvalue weighted by Crippen LogP contribution is 2.22. The second-order valence-electron chi connectivity index (χ2n) is 2.64. The Morgan fingerprint density at radius 3 is 3.00 bits per heavy atom. The summed E-state index contributed by atoms with van der Waals surface area (Å²) in [4.78, 5) is 4.44. The molecule has 0 unspecified atom stereocenters. The molecule has 0 fully saturated rings. The molecule has 0 atom stereocenters. The van der Waals surface area contributed by atoms with Gasteiger partial charge in [-0.25, -0.2) is 0 Å². The van der Waals surface area contributed by atoms with Crippen LogP contribution < -0.4 is 0 Å². The molecular formula is C7H12N2S2. The molecule has 0 aromatic heterocycles. The van der Waals surface area contributed by atoms with Gasteiger partial charge in [0.05, 0.1) is 0 Å². The maximum atomic E-state index is 4.44. The monoisotopic (exact) mass is 188 g/mol. The molecule has 1 aliphatic heterocycles. The molecule has 1 rings (SSSR count). The van der Waals surface area contributed by atoms with Crippen LogP contribution in [0.25, 0.3) is 0 Å². The summed E-state index contributed by atoms with van der Waals surface area (Å²) in [6, 6.07) is 0.368. The van der Waals surface area contributed by atoms with Gasteiger partial charge < -0.3 is 0 Å². The molecule has 4 heteroatoms. The van der Waals surface area contributed by atoms with Gasteiger partial charge in [-0.2, -0.15) is 0 Å². The molecule has 0 amide bonds. The third-order valence-corrected chi connectivity index (χ3v) is 2.33. The standard InChI is InChI=1S/C7H12N2S2/c1-6(2)8-7-4-3-5-9(7)11-10/h3,5-6,10H,4H2,1-2H3. The molecule has 1 aliphatic rings. The summed E-state index contributed by atoms with van der Waals surface area (Å²) in [6.45, 7) is 4.15. The van der Waals surface area contributed by atoms with Crippen molar-refractivity contribution in [3.63, 3.8) is 0 Å². The summed E-state index contributed by atoms with van der Waals surface area (Å²) in [6.07, 6.45) is 5.02. The number of amidine groups is 1. The van der Waals surface area contributed by atoms with Crippen LogP contribution in [0.1, 0.15) is 20.3 Å². The normalized spacial score (nSPS) is 20.7. The second kappa shape index (κ2) is 4.07. The lowest BCUT2D eigenvalue weighted by atomic mass is 10.4. The summed E-state index contributed by atoms with van der Waals surface area (Å²) in [5.74, 6) is 1.10.